The lowest BCUT2D eigenvalue weighted by atomic mass is 10.0. The highest BCUT2D eigenvalue weighted by molar-refractivity contribution is 8.39. The standard InChI is InChI=1S/C54H86O4S10/c1-5-7-9-11-13-15-17-19-21-23-25-27-29-31-33-37-43-41-61-51(63-43)53-65-45(47(55)57-3)49(67-53)59-39-35-36-40-60-50-46(48(56)58-4)66-54(68-50)52-62-42-44(64-52)38-34-32-30-28-26-24-22-20-18-16-14-12-10-8-6-2/h41-42H,5-40H2,1-4H3/b53-51-,54-52+. The maximum absolute atomic E-state index is 12.9. The molecular weight excluding hydrogens is 1030 g/mol. The molecular formula is C54H86O4S10. The number of rotatable bonds is 41. The summed E-state index contributed by atoms with van der Waals surface area (Å²) in [6.07, 6.45) is 46.2. The summed E-state index contributed by atoms with van der Waals surface area (Å²) in [4.78, 5) is 30.1. The van der Waals surface area contributed by atoms with E-state index in [0.717, 1.165) is 55.5 Å². The van der Waals surface area contributed by atoms with Gasteiger partial charge in [0.2, 0.25) is 0 Å². The van der Waals surface area contributed by atoms with Crippen LogP contribution in [-0.2, 0) is 19.1 Å². The summed E-state index contributed by atoms with van der Waals surface area (Å²) in [5, 5.41) is 4.67. The monoisotopic (exact) mass is 1120 g/mol. The Morgan fingerprint density at radius 3 is 0.971 bits per heavy atom. The molecule has 0 saturated carbocycles. The molecule has 4 nitrogen and oxygen atoms in total. The smallest absolute Gasteiger partial charge is 0.346 e. The van der Waals surface area contributed by atoms with Crippen LogP contribution in [0.3, 0.4) is 0 Å². The number of ether oxygens (including phenoxy) is 2. The van der Waals surface area contributed by atoms with E-state index in [0.29, 0.717) is 0 Å². The molecule has 0 atom stereocenters. The first-order chi connectivity index (χ1) is 33.5. The minimum atomic E-state index is -0.232. The molecule has 4 aliphatic heterocycles. The molecule has 0 aliphatic carbocycles. The van der Waals surface area contributed by atoms with Gasteiger partial charge in [-0.2, -0.15) is 0 Å². The van der Waals surface area contributed by atoms with Gasteiger partial charge in [-0.3, -0.25) is 0 Å². The number of hydrogen-bond donors (Lipinski definition) is 0. The summed E-state index contributed by atoms with van der Waals surface area (Å²) < 4.78 is 17.6. The van der Waals surface area contributed by atoms with Crippen molar-refractivity contribution in [2.45, 2.75) is 232 Å². The topological polar surface area (TPSA) is 52.6 Å². The molecule has 0 saturated heterocycles. The van der Waals surface area contributed by atoms with E-state index in [1.54, 1.807) is 70.6 Å². The molecule has 0 aromatic rings. The Hall–Kier alpha value is 0.880. The number of hydrogen-bond acceptors (Lipinski definition) is 14. The van der Waals surface area contributed by atoms with Gasteiger partial charge in [0.05, 0.1) is 39.6 Å². The summed E-state index contributed by atoms with van der Waals surface area (Å²) in [6, 6.07) is 0. The molecule has 4 heterocycles. The fraction of sp³-hybridized carbons (Fsp3) is 0.741. The quantitative estimate of drug-likeness (QED) is 0.0431. The Morgan fingerprint density at radius 2 is 0.676 bits per heavy atom. The van der Waals surface area contributed by atoms with Crippen LogP contribution in [0.1, 0.15) is 232 Å². The fourth-order valence-corrected chi connectivity index (χ4v) is 21.9. The van der Waals surface area contributed by atoms with Crippen LogP contribution in [0.15, 0.2) is 55.9 Å². The van der Waals surface area contributed by atoms with E-state index >= 15 is 0 Å². The SMILES string of the molecule is CCCCCCCCCCCCCCCCCC1=CS/C(=C2/SC(SCCCCSC3=C(C(=O)OC)S/C(=C4/SC=C(CCCCCCCCCCCCCCCCC)S4)S3)=C(C(=O)OC)S2)S1. The minimum Gasteiger partial charge on any atom is -0.465 e. The third kappa shape index (κ3) is 25.9. The first-order valence-electron chi connectivity index (χ1n) is 26.6. The zero-order valence-electron chi connectivity index (χ0n) is 42.3. The highest BCUT2D eigenvalue weighted by Gasteiger charge is 2.33. The maximum atomic E-state index is 12.9. The van der Waals surface area contributed by atoms with Gasteiger partial charge in [-0.05, 0) is 70.7 Å². The van der Waals surface area contributed by atoms with Crippen molar-refractivity contribution in [1.29, 1.82) is 0 Å². The van der Waals surface area contributed by atoms with Crippen molar-refractivity contribution in [2.24, 2.45) is 0 Å². The highest BCUT2D eigenvalue weighted by Crippen LogP contribution is 2.62. The molecule has 386 valence electrons. The highest BCUT2D eigenvalue weighted by atomic mass is 32.2. The van der Waals surface area contributed by atoms with Crippen LogP contribution in [0.2, 0.25) is 0 Å². The first-order valence-corrected chi connectivity index (χ1v) is 35.3. The van der Waals surface area contributed by atoms with Crippen molar-refractivity contribution < 1.29 is 19.1 Å². The van der Waals surface area contributed by atoms with Gasteiger partial charge < -0.3 is 9.47 Å². The molecule has 0 spiro atoms. The number of unbranched alkanes of at least 4 members (excludes halogenated alkanes) is 29. The van der Waals surface area contributed by atoms with Gasteiger partial charge >= 0.3 is 11.9 Å². The number of allylic oxidation sites excluding steroid dienone is 2. The molecule has 68 heavy (non-hydrogen) atoms. The van der Waals surface area contributed by atoms with E-state index in [1.165, 1.54) is 234 Å². The number of thioether (sulfide) groups is 10. The second kappa shape index (κ2) is 40.2. The molecule has 4 aliphatic rings. The molecule has 0 fully saturated rings. The van der Waals surface area contributed by atoms with Crippen LogP contribution < -0.4 is 0 Å². The van der Waals surface area contributed by atoms with Crippen molar-refractivity contribution in [3.63, 3.8) is 0 Å². The Bertz CT molecular complexity index is 1550. The van der Waals surface area contributed by atoms with Crippen LogP contribution in [-0.4, -0.2) is 37.7 Å². The molecule has 0 radical (unpaired) electrons. The van der Waals surface area contributed by atoms with Crippen molar-refractivity contribution in [3.8, 4) is 0 Å². The van der Waals surface area contributed by atoms with Crippen LogP contribution >= 0.6 is 118 Å². The number of carbonyl (C=O) groups excluding carboxylic acids is 2. The predicted octanol–water partition coefficient (Wildman–Crippen LogP) is 22.3. The Labute approximate surface area is 458 Å². The lowest BCUT2D eigenvalue weighted by Crippen LogP contribution is -2.01. The van der Waals surface area contributed by atoms with E-state index in [4.69, 9.17) is 9.47 Å². The summed E-state index contributed by atoms with van der Waals surface area (Å²) in [6.45, 7) is 4.59. The van der Waals surface area contributed by atoms with E-state index in [-0.39, 0.29) is 11.9 Å². The van der Waals surface area contributed by atoms with Gasteiger partial charge in [0, 0.05) is 0 Å². The van der Waals surface area contributed by atoms with Crippen molar-refractivity contribution in [2.75, 3.05) is 25.7 Å². The first kappa shape index (κ1) is 61.4. The zero-order chi connectivity index (χ0) is 48.3. The number of esters is 2. The summed E-state index contributed by atoms with van der Waals surface area (Å²) >= 11 is 17.7. The number of methoxy groups -OCH3 is 2. The van der Waals surface area contributed by atoms with E-state index < -0.39 is 0 Å². The third-order valence-electron chi connectivity index (χ3n) is 12.3. The molecule has 0 N–H and O–H groups in total. The lowest BCUT2D eigenvalue weighted by Gasteiger charge is -2.06. The average molecular weight is 1120 g/mol. The van der Waals surface area contributed by atoms with Gasteiger partial charge in [-0.1, -0.05) is 288 Å². The largest absolute Gasteiger partial charge is 0.465 e. The normalized spacial score (nSPS) is 18.4. The van der Waals surface area contributed by atoms with Gasteiger partial charge in [0.15, 0.2) is 0 Å². The van der Waals surface area contributed by atoms with Gasteiger partial charge in [-0.25, -0.2) is 9.59 Å². The third-order valence-corrected chi connectivity index (χ3v) is 26.4. The van der Waals surface area contributed by atoms with E-state index in [2.05, 4.69) is 24.7 Å². The van der Waals surface area contributed by atoms with E-state index in [9.17, 15) is 9.59 Å². The minimum absolute atomic E-state index is 0.232. The van der Waals surface area contributed by atoms with Crippen molar-refractivity contribution in [1.82, 2.24) is 0 Å². The summed E-state index contributed by atoms with van der Waals surface area (Å²) in [7, 11) is 2.97. The predicted molar refractivity (Wildman–Crippen MR) is 322 cm³/mol. The average Bonchev–Trinajstić information content (AvgIpc) is 4.19. The molecule has 0 unspecified atom stereocenters. The second-order valence-corrected chi connectivity index (χ2v) is 30.1. The maximum Gasteiger partial charge on any atom is 0.346 e. The van der Waals surface area contributed by atoms with Crippen LogP contribution in [0.25, 0.3) is 0 Å². The van der Waals surface area contributed by atoms with Gasteiger partial charge in [0.25, 0.3) is 0 Å². The van der Waals surface area contributed by atoms with Crippen LogP contribution in [0.5, 0.6) is 0 Å². The fourth-order valence-electron chi connectivity index (χ4n) is 8.21. The van der Waals surface area contributed by atoms with Gasteiger partial charge in [0.1, 0.15) is 9.81 Å². The Balaban J connectivity index is 1.05. The van der Waals surface area contributed by atoms with Gasteiger partial charge in [-0.15, -0.1) is 23.5 Å². The summed E-state index contributed by atoms with van der Waals surface area (Å²) in [5.41, 5.74) is 0. The van der Waals surface area contributed by atoms with Crippen LogP contribution in [0.4, 0.5) is 0 Å². The molecule has 0 aromatic heterocycles. The molecule has 0 aromatic carbocycles. The molecule has 14 heteroatoms. The Morgan fingerprint density at radius 1 is 0.382 bits per heavy atom. The van der Waals surface area contributed by atoms with Crippen molar-refractivity contribution >= 4 is 130 Å². The van der Waals surface area contributed by atoms with E-state index in [1.807, 2.05) is 47.0 Å². The molecule has 4 rings (SSSR count). The van der Waals surface area contributed by atoms with Crippen LogP contribution in [0, 0.1) is 0 Å². The lowest BCUT2D eigenvalue weighted by molar-refractivity contribution is -0.136. The second-order valence-electron chi connectivity index (χ2n) is 18.2. The Kier molecular flexibility index (Phi) is 36.3. The summed E-state index contributed by atoms with van der Waals surface area (Å²) in [5.74, 6) is 1.42. The molecule has 0 bridgehead atoms. The number of carbonyl (C=O) groups is 2. The van der Waals surface area contributed by atoms with Crippen molar-refractivity contribution in [3.05, 3.63) is 55.9 Å². The zero-order valence-corrected chi connectivity index (χ0v) is 50.5. The molecule has 0 amide bonds.